The molecular formula is C16H17N3O3S. The lowest BCUT2D eigenvalue weighted by Crippen LogP contribution is -2.57. The molecule has 1 N–H and O–H groups in total. The molecule has 23 heavy (non-hydrogen) atoms. The Labute approximate surface area is 137 Å². The molecule has 3 aliphatic heterocycles. The summed E-state index contributed by atoms with van der Waals surface area (Å²) in [5.41, 5.74) is 0.0552. The Morgan fingerprint density at radius 1 is 1.30 bits per heavy atom. The van der Waals surface area contributed by atoms with Gasteiger partial charge in [-0.25, -0.2) is 0 Å². The minimum atomic E-state index is -0.413. The number of benzene rings is 1. The summed E-state index contributed by atoms with van der Waals surface area (Å²) >= 11 is 1.39. The zero-order chi connectivity index (χ0) is 16.0. The number of piperidine rings is 3. The molecule has 6 nitrogen and oxygen atoms in total. The third-order valence-corrected chi connectivity index (χ3v) is 6.02. The van der Waals surface area contributed by atoms with Crippen LogP contribution in [0.25, 0.3) is 10.1 Å². The van der Waals surface area contributed by atoms with Crippen LogP contribution >= 0.6 is 11.3 Å². The third-order valence-electron chi connectivity index (χ3n) is 4.91. The van der Waals surface area contributed by atoms with Crippen molar-refractivity contribution in [1.82, 2.24) is 10.2 Å². The average Bonchev–Trinajstić information content (AvgIpc) is 2.99. The van der Waals surface area contributed by atoms with Gasteiger partial charge in [-0.1, -0.05) is 0 Å². The number of nitrogens with zero attached hydrogens (tertiary/aromatic N) is 2. The fourth-order valence-electron chi connectivity index (χ4n) is 3.62. The quantitative estimate of drug-likeness (QED) is 0.693. The molecular weight excluding hydrogens is 314 g/mol. The molecule has 0 saturated carbocycles. The van der Waals surface area contributed by atoms with Gasteiger partial charge < -0.3 is 10.2 Å². The molecule has 0 spiro atoms. The fourth-order valence-corrected chi connectivity index (χ4v) is 4.57. The maximum absolute atomic E-state index is 12.5. The Bertz CT molecular complexity index is 780. The molecule has 0 unspecified atom stereocenters. The van der Waals surface area contributed by atoms with Crippen molar-refractivity contribution in [2.24, 2.45) is 5.92 Å². The number of amides is 1. The Kier molecular flexibility index (Phi) is 3.54. The van der Waals surface area contributed by atoms with Crippen molar-refractivity contribution in [1.29, 1.82) is 0 Å². The van der Waals surface area contributed by atoms with Gasteiger partial charge in [0.1, 0.15) is 0 Å². The monoisotopic (exact) mass is 331 g/mol. The first kappa shape index (κ1) is 14.6. The average molecular weight is 331 g/mol. The van der Waals surface area contributed by atoms with Crippen molar-refractivity contribution < 1.29 is 9.72 Å². The van der Waals surface area contributed by atoms with E-state index in [1.807, 2.05) is 0 Å². The Morgan fingerprint density at radius 2 is 2.09 bits per heavy atom. The molecule has 2 bridgehead atoms. The van der Waals surface area contributed by atoms with Crippen molar-refractivity contribution in [3.8, 4) is 0 Å². The molecule has 2 aromatic rings. The molecule has 1 aromatic heterocycles. The highest BCUT2D eigenvalue weighted by atomic mass is 32.1. The van der Waals surface area contributed by atoms with E-state index in [4.69, 9.17) is 0 Å². The second-order valence-corrected chi connectivity index (χ2v) is 7.39. The number of hydrogen-bond acceptors (Lipinski definition) is 5. The Morgan fingerprint density at radius 3 is 2.74 bits per heavy atom. The van der Waals surface area contributed by atoms with Gasteiger partial charge in [-0.3, -0.25) is 14.9 Å². The molecule has 3 saturated heterocycles. The number of rotatable bonds is 3. The van der Waals surface area contributed by atoms with Gasteiger partial charge >= 0.3 is 0 Å². The molecule has 0 aliphatic carbocycles. The van der Waals surface area contributed by atoms with Crippen LogP contribution in [-0.4, -0.2) is 41.4 Å². The maximum atomic E-state index is 12.5. The number of hydrogen-bond donors (Lipinski definition) is 1. The first-order valence-corrected chi connectivity index (χ1v) is 8.63. The highest BCUT2D eigenvalue weighted by Crippen LogP contribution is 2.30. The van der Waals surface area contributed by atoms with Crippen LogP contribution in [-0.2, 0) is 0 Å². The zero-order valence-electron chi connectivity index (χ0n) is 12.5. The number of thiophene rings is 1. The first-order chi connectivity index (χ1) is 11.1. The number of nitro benzene ring substituents is 1. The third kappa shape index (κ3) is 2.70. The van der Waals surface area contributed by atoms with E-state index in [9.17, 15) is 14.9 Å². The predicted octanol–water partition coefficient (Wildman–Crippen LogP) is 2.63. The van der Waals surface area contributed by atoms with E-state index >= 15 is 0 Å². The summed E-state index contributed by atoms with van der Waals surface area (Å²) in [7, 11) is 0. The first-order valence-electron chi connectivity index (χ1n) is 7.81. The topological polar surface area (TPSA) is 75.5 Å². The Balaban J connectivity index is 1.54. The van der Waals surface area contributed by atoms with Crippen LogP contribution in [0.5, 0.6) is 0 Å². The molecule has 3 fully saturated rings. The number of non-ortho nitro benzene ring substituents is 1. The van der Waals surface area contributed by atoms with Crippen LogP contribution in [0.15, 0.2) is 24.3 Å². The molecule has 1 aromatic carbocycles. The highest BCUT2D eigenvalue weighted by molar-refractivity contribution is 7.20. The van der Waals surface area contributed by atoms with Crippen molar-refractivity contribution in [2.75, 3.05) is 19.6 Å². The summed E-state index contributed by atoms with van der Waals surface area (Å²) in [5.74, 6) is 0.520. The lowest BCUT2D eigenvalue weighted by molar-refractivity contribution is -0.384. The Hall–Kier alpha value is -1.99. The predicted molar refractivity (Wildman–Crippen MR) is 88.9 cm³/mol. The lowest BCUT2D eigenvalue weighted by Gasteiger charge is -2.44. The van der Waals surface area contributed by atoms with E-state index in [0.717, 1.165) is 42.6 Å². The van der Waals surface area contributed by atoms with Crippen LogP contribution in [0.4, 0.5) is 5.69 Å². The van der Waals surface area contributed by atoms with Gasteiger partial charge in [0.15, 0.2) is 0 Å². The number of nitrogens with one attached hydrogen (secondary N) is 1. The van der Waals surface area contributed by atoms with Gasteiger partial charge in [-0.15, -0.1) is 11.3 Å². The van der Waals surface area contributed by atoms with Crippen molar-refractivity contribution in [3.63, 3.8) is 0 Å². The molecule has 1 amide bonds. The number of fused-ring (bicyclic) bond motifs is 4. The van der Waals surface area contributed by atoms with Crippen LogP contribution in [0.3, 0.4) is 0 Å². The van der Waals surface area contributed by atoms with E-state index in [1.165, 1.54) is 23.5 Å². The normalized spacial score (nSPS) is 26.3. The van der Waals surface area contributed by atoms with E-state index < -0.39 is 4.92 Å². The van der Waals surface area contributed by atoms with Crippen molar-refractivity contribution in [3.05, 3.63) is 39.3 Å². The van der Waals surface area contributed by atoms with Crippen LogP contribution < -0.4 is 5.32 Å². The second kappa shape index (κ2) is 5.58. The van der Waals surface area contributed by atoms with E-state index in [0.29, 0.717) is 10.8 Å². The van der Waals surface area contributed by atoms with Gasteiger partial charge in [0.2, 0.25) is 0 Å². The van der Waals surface area contributed by atoms with Gasteiger partial charge in [-0.2, -0.15) is 0 Å². The molecule has 120 valence electrons. The number of nitro groups is 1. The number of carbonyl (C=O) groups is 1. The fraction of sp³-hybridized carbons (Fsp3) is 0.438. The molecule has 3 aliphatic rings. The second-order valence-electron chi connectivity index (χ2n) is 6.31. The summed E-state index contributed by atoms with van der Waals surface area (Å²) in [4.78, 5) is 26.0. The van der Waals surface area contributed by atoms with E-state index in [-0.39, 0.29) is 17.6 Å². The van der Waals surface area contributed by atoms with Gasteiger partial charge in [0.05, 0.1) is 9.80 Å². The van der Waals surface area contributed by atoms with Crippen molar-refractivity contribution in [2.45, 2.75) is 18.9 Å². The highest BCUT2D eigenvalue weighted by Gasteiger charge is 2.35. The number of carbonyl (C=O) groups excluding carboxylic acids is 1. The summed E-state index contributed by atoms with van der Waals surface area (Å²) < 4.78 is 0.898. The lowest BCUT2D eigenvalue weighted by atomic mass is 9.84. The summed E-state index contributed by atoms with van der Waals surface area (Å²) in [6, 6.07) is 6.70. The SMILES string of the molecule is O=C(N[C@H]1CN2CCC1CC2)c1cc2cc([N+](=O)[O-])ccc2s1. The van der Waals surface area contributed by atoms with Gasteiger partial charge in [0, 0.05) is 34.8 Å². The van der Waals surface area contributed by atoms with Crippen LogP contribution in [0.1, 0.15) is 22.5 Å². The largest absolute Gasteiger partial charge is 0.347 e. The molecule has 4 heterocycles. The molecule has 5 rings (SSSR count). The summed E-state index contributed by atoms with van der Waals surface area (Å²) in [6.07, 6.45) is 2.31. The molecule has 1 atom stereocenters. The summed E-state index contributed by atoms with van der Waals surface area (Å²) in [5, 5.41) is 14.8. The minimum Gasteiger partial charge on any atom is -0.347 e. The minimum absolute atomic E-state index is 0.0552. The molecule has 0 radical (unpaired) electrons. The van der Waals surface area contributed by atoms with Gasteiger partial charge in [0.25, 0.3) is 11.6 Å². The summed E-state index contributed by atoms with van der Waals surface area (Å²) in [6.45, 7) is 3.22. The van der Waals surface area contributed by atoms with Crippen LogP contribution in [0, 0.1) is 16.0 Å². The van der Waals surface area contributed by atoms with Gasteiger partial charge in [-0.05, 0) is 44.0 Å². The van der Waals surface area contributed by atoms with Crippen LogP contribution in [0.2, 0.25) is 0 Å². The molecule has 7 heteroatoms. The van der Waals surface area contributed by atoms with E-state index in [1.54, 1.807) is 12.1 Å². The van der Waals surface area contributed by atoms with Crippen molar-refractivity contribution >= 4 is 33.0 Å². The van der Waals surface area contributed by atoms with E-state index in [2.05, 4.69) is 10.2 Å². The standard InChI is InChI=1S/C16H17N3O3S/c20-16(17-13-9-18-5-3-10(13)4-6-18)15-8-11-7-12(19(21)22)1-2-14(11)23-15/h1-2,7-8,10,13H,3-6,9H2,(H,17,20)/t13-/m0/s1. The maximum Gasteiger partial charge on any atom is 0.270 e. The smallest absolute Gasteiger partial charge is 0.270 e. The zero-order valence-corrected chi connectivity index (χ0v) is 13.3.